The average molecular weight is 389 g/mol. The Morgan fingerprint density at radius 1 is 1.14 bits per heavy atom. The molecule has 0 saturated carbocycles. The molecular weight excluding hydrogens is 369 g/mol. The summed E-state index contributed by atoms with van der Waals surface area (Å²) in [6.07, 6.45) is 1.92. The van der Waals surface area contributed by atoms with Crippen LogP contribution in [0, 0.1) is 12.7 Å². The second kappa shape index (κ2) is 7.75. The number of hydrogen-bond acceptors (Lipinski definition) is 3. The van der Waals surface area contributed by atoms with E-state index in [4.69, 9.17) is 9.72 Å². The number of anilines is 1. The Morgan fingerprint density at radius 2 is 1.93 bits per heavy atom. The van der Waals surface area contributed by atoms with Gasteiger partial charge < -0.3 is 10.1 Å². The maximum atomic E-state index is 13.9. The van der Waals surface area contributed by atoms with Crippen LogP contribution in [0.15, 0.2) is 66.9 Å². The second-order valence-electron chi connectivity index (χ2n) is 6.80. The number of aromatic nitrogens is 2. The molecule has 0 radical (unpaired) electrons. The van der Waals surface area contributed by atoms with Crippen LogP contribution in [0.2, 0.25) is 0 Å². The van der Waals surface area contributed by atoms with Gasteiger partial charge in [0, 0.05) is 11.8 Å². The van der Waals surface area contributed by atoms with Crippen molar-refractivity contribution in [3.63, 3.8) is 0 Å². The van der Waals surface area contributed by atoms with Crippen LogP contribution in [0.25, 0.3) is 16.9 Å². The van der Waals surface area contributed by atoms with Gasteiger partial charge in [-0.1, -0.05) is 36.4 Å². The monoisotopic (exact) mass is 389 g/mol. The van der Waals surface area contributed by atoms with Crippen LogP contribution in [0.3, 0.4) is 0 Å². The number of imidazole rings is 1. The van der Waals surface area contributed by atoms with Gasteiger partial charge >= 0.3 is 0 Å². The fraction of sp³-hybridized carbons (Fsp3) is 0.130. The summed E-state index contributed by atoms with van der Waals surface area (Å²) in [6.45, 7) is 1.99. The topological polar surface area (TPSA) is 55.6 Å². The maximum absolute atomic E-state index is 13.9. The molecule has 5 nitrogen and oxygen atoms in total. The third-order valence-electron chi connectivity index (χ3n) is 4.67. The molecule has 1 amide bonds. The van der Waals surface area contributed by atoms with Gasteiger partial charge in [0.05, 0.1) is 13.5 Å². The molecular formula is C23H20FN3O2. The Bertz CT molecular complexity index is 1190. The minimum Gasteiger partial charge on any atom is -0.494 e. The van der Waals surface area contributed by atoms with Gasteiger partial charge in [0.15, 0.2) is 11.6 Å². The van der Waals surface area contributed by atoms with Crippen molar-refractivity contribution in [3.05, 3.63) is 83.8 Å². The number of halogens is 1. The van der Waals surface area contributed by atoms with Gasteiger partial charge in [-0.3, -0.25) is 9.20 Å². The van der Waals surface area contributed by atoms with Gasteiger partial charge in [0.25, 0.3) is 0 Å². The number of nitrogens with zero attached hydrogens (tertiary/aromatic N) is 2. The molecule has 0 aliphatic carbocycles. The lowest BCUT2D eigenvalue weighted by molar-refractivity contribution is -0.115. The molecule has 2 aromatic carbocycles. The zero-order valence-electron chi connectivity index (χ0n) is 16.1. The number of hydrogen-bond donors (Lipinski definition) is 1. The van der Waals surface area contributed by atoms with Crippen LogP contribution in [0.5, 0.6) is 5.75 Å². The number of ether oxygens (including phenoxy) is 1. The predicted octanol–water partition coefficient (Wildman–Crippen LogP) is 4.64. The molecule has 0 bridgehead atoms. The highest BCUT2D eigenvalue weighted by atomic mass is 19.1. The predicted molar refractivity (Wildman–Crippen MR) is 111 cm³/mol. The number of benzene rings is 2. The molecule has 0 spiro atoms. The van der Waals surface area contributed by atoms with E-state index in [1.165, 1.54) is 19.2 Å². The number of methoxy groups -OCH3 is 1. The van der Waals surface area contributed by atoms with E-state index >= 15 is 0 Å². The summed E-state index contributed by atoms with van der Waals surface area (Å²) in [6, 6.07) is 18.1. The van der Waals surface area contributed by atoms with Gasteiger partial charge in [0.1, 0.15) is 17.2 Å². The number of carbonyl (C=O) groups excluding carboxylic acids is 1. The lowest BCUT2D eigenvalue weighted by Gasteiger charge is -2.09. The molecule has 2 aromatic heterocycles. The van der Waals surface area contributed by atoms with Crippen LogP contribution in [0.1, 0.15) is 11.1 Å². The van der Waals surface area contributed by atoms with Gasteiger partial charge in [-0.2, -0.15) is 0 Å². The molecule has 4 rings (SSSR count). The van der Waals surface area contributed by atoms with Crippen LogP contribution >= 0.6 is 0 Å². The van der Waals surface area contributed by atoms with E-state index in [9.17, 15) is 9.18 Å². The highest BCUT2D eigenvalue weighted by Gasteiger charge is 2.17. The summed E-state index contributed by atoms with van der Waals surface area (Å²) in [7, 11) is 1.41. The first-order chi connectivity index (χ1) is 14.0. The van der Waals surface area contributed by atoms with E-state index in [0.29, 0.717) is 17.1 Å². The van der Waals surface area contributed by atoms with Crippen molar-refractivity contribution >= 4 is 17.4 Å². The summed E-state index contributed by atoms with van der Waals surface area (Å²) >= 11 is 0. The van der Waals surface area contributed by atoms with Crippen LogP contribution < -0.4 is 10.1 Å². The van der Waals surface area contributed by atoms with Crippen LogP contribution in [-0.4, -0.2) is 22.4 Å². The molecule has 0 aliphatic rings. The summed E-state index contributed by atoms with van der Waals surface area (Å²) in [5, 5.41) is 2.96. The van der Waals surface area contributed by atoms with Gasteiger partial charge in [-0.05, 0) is 42.3 Å². The van der Waals surface area contributed by atoms with E-state index in [1.54, 1.807) is 6.07 Å². The Kier molecular flexibility index (Phi) is 4.99. The highest BCUT2D eigenvalue weighted by Crippen LogP contribution is 2.29. The Labute approximate surface area is 167 Å². The zero-order chi connectivity index (χ0) is 20.4. The number of fused-ring (bicyclic) bond motifs is 1. The molecule has 0 unspecified atom stereocenters. The molecule has 6 heteroatoms. The number of aryl methyl sites for hydroxylation is 1. The molecule has 29 heavy (non-hydrogen) atoms. The number of amides is 1. The average Bonchev–Trinajstić information content (AvgIpc) is 3.06. The molecule has 1 N–H and O–H groups in total. The van der Waals surface area contributed by atoms with Crippen LogP contribution in [-0.2, 0) is 11.2 Å². The first-order valence-electron chi connectivity index (χ1n) is 9.21. The van der Waals surface area contributed by atoms with Crippen molar-refractivity contribution in [1.82, 2.24) is 9.38 Å². The highest BCUT2D eigenvalue weighted by molar-refractivity contribution is 5.95. The largest absolute Gasteiger partial charge is 0.494 e. The maximum Gasteiger partial charge on any atom is 0.229 e. The smallest absolute Gasteiger partial charge is 0.229 e. The van der Waals surface area contributed by atoms with Gasteiger partial charge in [0.2, 0.25) is 5.91 Å². The SMILES string of the molecule is COc1ccc(CC(=O)Nc2c(-c3ccccc3)nc3cc(C)ccn23)cc1F. The van der Waals surface area contributed by atoms with Crippen molar-refractivity contribution in [2.75, 3.05) is 12.4 Å². The van der Waals surface area contributed by atoms with Crippen molar-refractivity contribution in [3.8, 4) is 17.0 Å². The van der Waals surface area contributed by atoms with Crippen molar-refractivity contribution in [1.29, 1.82) is 0 Å². The van der Waals surface area contributed by atoms with E-state index in [1.807, 2.05) is 60.0 Å². The normalized spacial score (nSPS) is 10.9. The fourth-order valence-electron chi connectivity index (χ4n) is 3.24. The molecule has 0 fully saturated rings. The first-order valence-corrected chi connectivity index (χ1v) is 9.21. The van der Waals surface area contributed by atoms with E-state index < -0.39 is 5.82 Å². The van der Waals surface area contributed by atoms with E-state index in [0.717, 1.165) is 16.8 Å². The molecule has 0 saturated heterocycles. The number of pyridine rings is 1. The number of rotatable bonds is 5. The van der Waals surface area contributed by atoms with E-state index in [-0.39, 0.29) is 18.1 Å². The lowest BCUT2D eigenvalue weighted by atomic mass is 10.1. The minimum absolute atomic E-state index is 0.0360. The lowest BCUT2D eigenvalue weighted by Crippen LogP contribution is -2.16. The van der Waals surface area contributed by atoms with Crippen molar-refractivity contribution < 1.29 is 13.9 Å². The molecule has 146 valence electrons. The summed E-state index contributed by atoms with van der Waals surface area (Å²) in [5.41, 5.74) is 3.97. The third kappa shape index (κ3) is 3.82. The molecule has 2 heterocycles. The Morgan fingerprint density at radius 3 is 2.66 bits per heavy atom. The van der Waals surface area contributed by atoms with Crippen LogP contribution in [0.4, 0.5) is 10.2 Å². The van der Waals surface area contributed by atoms with Gasteiger partial charge in [-0.25, -0.2) is 9.37 Å². The van der Waals surface area contributed by atoms with Gasteiger partial charge in [-0.15, -0.1) is 0 Å². The Hall–Kier alpha value is -3.67. The summed E-state index contributed by atoms with van der Waals surface area (Å²) in [5.74, 6) is -0.00923. The molecule has 0 atom stereocenters. The van der Waals surface area contributed by atoms with Crippen molar-refractivity contribution in [2.24, 2.45) is 0 Å². The number of nitrogens with one attached hydrogen (secondary N) is 1. The summed E-state index contributed by atoms with van der Waals surface area (Å²) < 4.78 is 20.7. The second-order valence-corrected chi connectivity index (χ2v) is 6.80. The third-order valence-corrected chi connectivity index (χ3v) is 4.67. The molecule has 0 aliphatic heterocycles. The first kappa shape index (κ1) is 18.7. The van der Waals surface area contributed by atoms with E-state index in [2.05, 4.69) is 5.32 Å². The Balaban J connectivity index is 1.67. The number of carbonyl (C=O) groups is 1. The molecule has 4 aromatic rings. The standard InChI is InChI=1S/C23H20FN3O2/c1-15-10-11-27-20(12-15)25-22(17-6-4-3-5-7-17)23(27)26-21(28)14-16-8-9-19(29-2)18(24)13-16/h3-13H,14H2,1-2H3,(H,26,28). The summed E-state index contributed by atoms with van der Waals surface area (Å²) in [4.78, 5) is 17.4. The fourth-order valence-corrected chi connectivity index (χ4v) is 3.24. The minimum atomic E-state index is -0.493. The quantitative estimate of drug-likeness (QED) is 0.541. The zero-order valence-corrected chi connectivity index (χ0v) is 16.1. The van der Waals surface area contributed by atoms with Crippen molar-refractivity contribution in [2.45, 2.75) is 13.3 Å².